The number of hydrogen-bond donors (Lipinski definition) is 2. The van der Waals surface area contributed by atoms with E-state index in [4.69, 9.17) is 0 Å². The number of aryl methyl sites for hydroxylation is 1. The van der Waals surface area contributed by atoms with Crippen LogP contribution in [0.3, 0.4) is 0 Å². The van der Waals surface area contributed by atoms with E-state index in [2.05, 4.69) is 17.1 Å². The number of hydrogen-bond acceptors (Lipinski definition) is 2. The van der Waals surface area contributed by atoms with Crippen LogP contribution in [-0.2, 0) is 13.0 Å². The van der Waals surface area contributed by atoms with Crippen LogP contribution in [0.25, 0.3) is 0 Å². The number of aliphatic hydroxyl groups is 1. The zero-order valence-electron chi connectivity index (χ0n) is 8.01. The molecule has 0 radical (unpaired) electrons. The highest BCUT2D eigenvalue weighted by Crippen LogP contribution is 2.37. The lowest BCUT2D eigenvalue weighted by molar-refractivity contribution is 0.276. The summed E-state index contributed by atoms with van der Waals surface area (Å²) in [6.45, 7) is 2.21. The molecule has 0 unspecified atom stereocenters. The summed E-state index contributed by atoms with van der Waals surface area (Å²) < 4.78 is 0. The first kappa shape index (κ1) is 8.75. The largest absolute Gasteiger partial charge is 0.392 e. The monoisotopic (exact) mass is 180 g/mol. The molecule has 0 aliphatic heterocycles. The number of nitrogens with zero attached hydrogens (tertiary/aromatic N) is 1. The quantitative estimate of drug-likeness (QED) is 0.744. The highest BCUT2D eigenvalue weighted by Gasteiger charge is 2.25. The molecule has 72 valence electrons. The summed E-state index contributed by atoms with van der Waals surface area (Å²) in [5.41, 5.74) is 3.27. The maximum atomic E-state index is 9.23. The van der Waals surface area contributed by atoms with Gasteiger partial charge in [0.05, 0.1) is 12.3 Å². The summed E-state index contributed by atoms with van der Waals surface area (Å²) in [6, 6.07) is 0. The summed E-state index contributed by atoms with van der Waals surface area (Å²) >= 11 is 0. The first-order valence-electron chi connectivity index (χ1n) is 5.03. The fourth-order valence-electron chi connectivity index (χ4n) is 1.91. The van der Waals surface area contributed by atoms with Crippen molar-refractivity contribution in [3.8, 4) is 0 Å². The second-order valence-corrected chi connectivity index (χ2v) is 3.71. The molecule has 3 heteroatoms. The van der Waals surface area contributed by atoms with Crippen molar-refractivity contribution in [1.82, 2.24) is 10.2 Å². The van der Waals surface area contributed by atoms with Gasteiger partial charge in [0, 0.05) is 17.2 Å². The number of aromatic amines is 1. The Bertz CT molecular complexity index is 289. The van der Waals surface area contributed by atoms with E-state index in [0.717, 1.165) is 23.4 Å². The van der Waals surface area contributed by atoms with Crippen molar-refractivity contribution >= 4 is 0 Å². The van der Waals surface area contributed by atoms with Crippen LogP contribution in [0, 0.1) is 0 Å². The van der Waals surface area contributed by atoms with E-state index >= 15 is 0 Å². The fraction of sp³-hybridized carbons (Fsp3) is 0.700. The van der Waals surface area contributed by atoms with E-state index in [1.54, 1.807) is 0 Å². The van der Waals surface area contributed by atoms with Crippen LogP contribution in [0.5, 0.6) is 0 Å². The van der Waals surface area contributed by atoms with Gasteiger partial charge in [-0.05, 0) is 19.3 Å². The Morgan fingerprint density at radius 3 is 2.77 bits per heavy atom. The molecule has 1 aromatic rings. The highest BCUT2D eigenvalue weighted by atomic mass is 16.3. The lowest BCUT2D eigenvalue weighted by Crippen LogP contribution is -2.11. The van der Waals surface area contributed by atoms with Gasteiger partial charge in [-0.15, -0.1) is 0 Å². The van der Waals surface area contributed by atoms with Gasteiger partial charge in [-0.25, -0.2) is 0 Å². The molecule has 0 saturated heterocycles. The average Bonchev–Trinajstić information content (AvgIpc) is 2.44. The van der Waals surface area contributed by atoms with Crippen molar-refractivity contribution in [1.29, 1.82) is 0 Å². The van der Waals surface area contributed by atoms with Crippen molar-refractivity contribution in [3.63, 3.8) is 0 Å². The number of aliphatic hydroxyl groups excluding tert-OH is 1. The Balaban J connectivity index is 2.28. The molecule has 1 aliphatic carbocycles. The molecule has 13 heavy (non-hydrogen) atoms. The van der Waals surface area contributed by atoms with Crippen LogP contribution < -0.4 is 0 Å². The summed E-state index contributed by atoms with van der Waals surface area (Å²) in [4.78, 5) is 0. The van der Waals surface area contributed by atoms with Crippen molar-refractivity contribution in [2.24, 2.45) is 0 Å². The predicted molar refractivity (Wildman–Crippen MR) is 50.5 cm³/mol. The third-order valence-corrected chi connectivity index (χ3v) is 2.99. The van der Waals surface area contributed by atoms with Crippen molar-refractivity contribution in [2.75, 3.05) is 0 Å². The Hall–Kier alpha value is -0.830. The van der Waals surface area contributed by atoms with E-state index in [9.17, 15) is 5.11 Å². The predicted octanol–water partition coefficient (Wildman–Crippen LogP) is 1.73. The van der Waals surface area contributed by atoms with Crippen LogP contribution >= 0.6 is 0 Å². The standard InChI is InChI=1S/C10H16N2O/c1-2-9-8(6-13)10(12-11-9)7-4-3-5-7/h7,13H,2-6H2,1H3,(H,11,12). The Kier molecular flexibility index (Phi) is 2.36. The van der Waals surface area contributed by atoms with E-state index < -0.39 is 0 Å². The molecular weight excluding hydrogens is 164 g/mol. The molecule has 1 aromatic heterocycles. The topological polar surface area (TPSA) is 48.9 Å². The van der Waals surface area contributed by atoms with Crippen LogP contribution in [0.4, 0.5) is 0 Å². The summed E-state index contributed by atoms with van der Waals surface area (Å²) in [5.74, 6) is 0.610. The van der Waals surface area contributed by atoms with E-state index in [-0.39, 0.29) is 6.61 Å². The maximum absolute atomic E-state index is 9.23. The van der Waals surface area contributed by atoms with Gasteiger partial charge in [-0.1, -0.05) is 13.3 Å². The van der Waals surface area contributed by atoms with Crippen molar-refractivity contribution < 1.29 is 5.11 Å². The van der Waals surface area contributed by atoms with Crippen molar-refractivity contribution in [2.45, 2.75) is 45.1 Å². The smallest absolute Gasteiger partial charge is 0.0718 e. The first-order chi connectivity index (χ1) is 6.36. The molecule has 1 fully saturated rings. The van der Waals surface area contributed by atoms with Crippen LogP contribution in [-0.4, -0.2) is 15.3 Å². The van der Waals surface area contributed by atoms with Gasteiger partial charge in [0.15, 0.2) is 0 Å². The summed E-state index contributed by atoms with van der Waals surface area (Å²) in [5, 5.41) is 16.5. The van der Waals surface area contributed by atoms with Crippen LogP contribution in [0.15, 0.2) is 0 Å². The van der Waals surface area contributed by atoms with E-state index in [0.29, 0.717) is 5.92 Å². The molecule has 2 N–H and O–H groups in total. The normalized spacial score (nSPS) is 17.4. The first-order valence-corrected chi connectivity index (χ1v) is 5.03. The van der Waals surface area contributed by atoms with Crippen molar-refractivity contribution in [3.05, 3.63) is 17.0 Å². The van der Waals surface area contributed by atoms with E-state index in [1.165, 1.54) is 19.3 Å². The third kappa shape index (κ3) is 1.37. The second kappa shape index (κ2) is 3.50. The van der Waals surface area contributed by atoms with Crippen LogP contribution in [0.1, 0.15) is 49.1 Å². The molecule has 1 saturated carbocycles. The minimum atomic E-state index is 0.130. The second-order valence-electron chi connectivity index (χ2n) is 3.71. The molecule has 1 aliphatic rings. The van der Waals surface area contributed by atoms with Gasteiger partial charge >= 0.3 is 0 Å². The lowest BCUT2D eigenvalue weighted by atomic mass is 9.81. The molecule has 0 amide bonds. The van der Waals surface area contributed by atoms with Gasteiger partial charge in [0.2, 0.25) is 0 Å². The minimum Gasteiger partial charge on any atom is -0.392 e. The molecule has 0 bridgehead atoms. The van der Waals surface area contributed by atoms with E-state index in [1.807, 2.05) is 0 Å². The average molecular weight is 180 g/mol. The Labute approximate surface area is 78.2 Å². The molecule has 3 nitrogen and oxygen atoms in total. The lowest BCUT2D eigenvalue weighted by Gasteiger charge is -2.24. The zero-order valence-corrected chi connectivity index (χ0v) is 8.01. The molecule has 1 heterocycles. The molecular formula is C10H16N2O. The minimum absolute atomic E-state index is 0.130. The zero-order chi connectivity index (χ0) is 9.26. The SMILES string of the molecule is CCc1[nH]nc(C2CCC2)c1CO. The van der Waals surface area contributed by atoms with Gasteiger partial charge in [0.1, 0.15) is 0 Å². The van der Waals surface area contributed by atoms with Gasteiger partial charge in [-0.3, -0.25) is 5.10 Å². The van der Waals surface area contributed by atoms with Gasteiger partial charge in [-0.2, -0.15) is 5.10 Å². The number of H-pyrrole nitrogens is 1. The number of aromatic nitrogens is 2. The molecule has 0 aromatic carbocycles. The maximum Gasteiger partial charge on any atom is 0.0718 e. The summed E-state index contributed by atoms with van der Waals surface area (Å²) in [7, 11) is 0. The van der Waals surface area contributed by atoms with Gasteiger partial charge in [0.25, 0.3) is 0 Å². The fourth-order valence-corrected chi connectivity index (χ4v) is 1.91. The Morgan fingerprint density at radius 2 is 2.31 bits per heavy atom. The van der Waals surface area contributed by atoms with Gasteiger partial charge < -0.3 is 5.11 Å². The molecule has 0 spiro atoms. The molecule has 0 atom stereocenters. The van der Waals surface area contributed by atoms with Crippen LogP contribution in [0.2, 0.25) is 0 Å². The molecule has 2 rings (SSSR count). The third-order valence-electron chi connectivity index (χ3n) is 2.99. The highest BCUT2D eigenvalue weighted by molar-refractivity contribution is 5.28. The Morgan fingerprint density at radius 1 is 1.54 bits per heavy atom. The number of rotatable bonds is 3. The number of nitrogens with one attached hydrogen (secondary N) is 1. The summed E-state index contributed by atoms with van der Waals surface area (Å²) in [6.07, 6.45) is 4.71.